The Labute approximate surface area is 114 Å². The van der Waals surface area contributed by atoms with Crippen LogP contribution in [0.5, 0.6) is 0 Å². The summed E-state index contributed by atoms with van der Waals surface area (Å²) in [4.78, 5) is 5.14. The largest absolute Gasteiger partial charge is 0.316 e. The Morgan fingerprint density at radius 1 is 1.39 bits per heavy atom. The van der Waals surface area contributed by atoms with Crippen LogP contribution in [-0.4, -0.2) is 62.2 Å². The third kappa shape index (κ3) is 6.17. The fourth-order valence-electron chi connectivity index (χ4n) is 2.83. The van der Waals surface area contributed by atoms with Crippen molar-refractivity contribution in [1.82, 2.24) is 15.1 Å². The van der Waals surface area contributed by atoms with Gasteiger partial charge in [-0.15, -0.1) is 0 Å². The highest BCUT2D eigenvalue weighted by Crippen LogP contribution is 2.17. The molecule has 108 valence electrons. The zero-order valence-corrected chi connectivity index (χ0v) is 12.9. The Kier molecular flexibility index (Phi) is 7.87. The van der Waals surface area contributed by atoms with Crippen molar-refractivity contribution >= 4 is 0 Å². The molecule has 0 aliphatic carbocycles. The van der Waals surface area contributed by atoms with Crippen molar-refractivity contribution in [3.8, 4) is 0 Å². The van der Waals surface area contributed by atoms with Gasteiger partial charge in [0, 0.05) is 12.6 Å². The Morgan fingerprint density at radius 2 is 2.17 bits per heavy atom. The number of hydrogen-bond acceptors (Lipinski definition) is 3. The van der Waals surface area contributed by atoms with Gasteiger partial charge in [0.1, 0.15) is 0 Å². The van der Waals surface area contributed by atoms with E-state index in [2.05, 4.69) is 42.9 Å². The molecule has 3 nitrogen and oxygen atoms in total. The van der Waals surface area contributed by atoms with E-state index in [1.807, 2.05) is 0 Å². The van der Waals surface area contributed by atoms with E-state index in [1.54, 1.807) is 0 Å². The van der Waals surface area contributed by atoms with Crippen LogP contribution in [0.1, 0.15) is 40.0 Å². The SMILES string of the molecule is CCN1CCCC1CN(C)CCCNCC(C)C. The van der Waals surface area contributed by atoms with Crippen LogP contribution < -0.4 is 5.32 Å². The van der Waals surface area contributed by atoms with E-state index in [0.29, 0.717) is 0 Å². The molecule has 1 unspecified atom stereocenters. The average molecular weight is 255 g/mol. The summed E-state index contributed by atoms with van der Waals surface area (Å²) < 4.78 is 0. The molecule has 0 saturated carbocycles. The lowest BCUT2D eigenvalue weighted by Gasteiger charge is -2.27. The molecule has 3 heteroatoms. The molecule has 0 aromatic rings. The van der Waals surface area contributed by atoms with Crippen LogP contribution in [0.2, 0.25) is 0 Å². The maximum Gasteiger partial charge on any atom is 0.0223 e. The van der Waals surface area contributed by atoms with Gasteiger partial charge in [0.15, 0.2) is 0 Å². The zero-order valence-electron chi connectivity index (χ0n) is 12.9. The molecule has 1 aliphatic rings. The summed E-state index contributed by atoms with van der Waals surface area (Å²) in [5.41, 5.74) is 0. The van der Waals surface area contributed by atoms with Crippen molar-refractivity contribution < 1.29 is 0 Å². The zero-order chi connectivity index (χ0) is 13.4. The second-order valence-corrected chi connectivity index (χ2v) is 6.14. The smallest absolute Gasteiger partial charge is 0.0223 e. The summed E-state index contributed by atoms with van der Waals surface area (Å²) in [6.07, 6.45) is 4.05. The van der Waals surface area contributed by atoms with Crippen molar-refractivity contribution in [2.75, 3.05) is 46.3 Å². The summed E-state index contributed by atoms with van der Waals surface area (Å²) >= 11 is 0. The highest BCUT2D eigenvalue weighted by molar-refractivity contribution is 4.80. The highest BCUT2D eigenvalue weighted by Gasteiger charge is 2.23. The molecule has 18 heavy (non-hydrogen) atoms. The van der Waals surface area contributed by atoms with Crippen LogP contribution in [0.15, 0.2) is 0 Å². The summed E-state index contributed by atoms with van der Waals surface area (Å²) in [6.45, 7) is 14.1. The van der Waals surface area contributed by atoms with Gasteiger partial charge in [0.25, 0.3) is 0 Å². The molecular weight excluding hydrogens is 222 g/mol. The molecule has 1 fully saturated rings. The van der Waals surface area contributed by atoms with E-state index < -0.39 is 0 Å². The van der Waals surface area contributed by atoms with E-state index >= 15 is 0 Å². The summed E-state index contributed by atoms with van der Waals surface area (Å²) in [5, 5.41) is 3.52. The number of nitrogens with zero attached hydrogens (tertiary/aromatic N) is 2. The monoisotopic (exact) mass is 255 g/mol. The van der Waals surface area contributed by atoms with Crippen LogP contribution in [0.4, 0.5) is 0 Å². The number of likely N-dealkylation sites (N-methyl/N-ethyl adjacent to an activating group) is 2. The van der Waals surface area contributed by atoms with E-state index in [0.717, 1.165) is 25.0 Å². The van der Waals surface area contributed by atoms with E-state index in [9.17, 15) is 0 Å². The highest BCUT2D eigenvalue weighted by atomic mass is 15.2. The van der Waals surface area contributed by atoms with E-state index in [-0.39, 0.29) is 0 Å². The van der Waals surface area contributed by atoms with Crippen molar-refractivity contribution in [1.29, 1.82) is 0 Å². The van der Waals surface area contributed by atoms with Crippen LogP contribution in [-0.2, 0) is 0 Å². The van der Waals surface area contributed by atoms with Crippen molar-refractivity contribution in [2.24, 2.45) is 5.92 Å². The molecule has 0 aromatic carbocycles. The summed E-state index contributed by atoms with van der Waals surface area (Å²) in [5.74, 6) is 0.763. The quantitative estimate of drug-likeness (QED) is 0.636. The molecule has 0 spiro atoms. The first kappa shape index (κ1) is 15.9. The molecule has 1 N–H and O–H groups in total. The molecule has 0 radical (unpaired) electrons. The van der Waals surface area contributed by atoms with Gasteiger partial charge in [-0.05, 0) is 65.0 Å². The molecule has 1 aliphatic heterocycles. The number of hydrogen-bond donors (Lipinski definition) is 1. The Balaban J connectivity index is 2.04. The minimum absolute atomic E-state index is 0.763. The van der Waals surface area contributed by atoms with Gasteiger partial charge in [-0.25, -0.2) is 0 Å². The fourth-order valence-corrected chi connectivity index (χ4v) is 2.83. The normalized spacial score (nSPS) is 21.3. The minimum atomic E-state index is 0.763. The second-order valence-electron chi connectivity index (χ2n) is 6.14. The van der Waals surface area contributed by atoms with Gasteiger partial charge in [-0.1, -0.05) is 20.8 Å². The Bertz CT molecular complexity index is 206. The van der Waals surface area contributed by atoms with Crippen molar-refractivity contribution in [3.05, 3.63) is 0 Å². The second kappa shape index (κ2) is 8.89. The van der Waals surface area contributed by atoms with Gasteiger partial charge in [0.05, 0.1) is 0 Å². The van der Waals surface area contributed by atoms with Gasteiger partial charge < -0.3 is 10.2 Å². The van der Waals surface area contributed by atoms with Crippen LogP contribution >= 0.6 is 0 Å². The van der Waals surface area contributed by atoms with Crippen LogP contribution in [0.25, 0.3) is 0 Å². The van der Waals surface area contributed by atoms with Gasteiger partial charge >= 0.3 is 0 Å². The molecule has 1 saturated heterocycles. The van der Waals surface area contributed by atoms with Crippen molar-refractivity contribution in [2.45, 2.75) is 46.1 Å². The third-order valence-electron chi connectivity index (χ3n) is 3.87. The number of likely N-dealkylation sites (tertiary alicyclic amines) is 1. The first-order valence-corrected chi connectivity index (χ1v) is 7.76. The lowest BCUT2D eigenvalue weighted by Crippen LogP contribution is -2.39. The molecule has 0 bridgehead atoms. The molecular formula is C15H33N3. The lowest BCUT2D eigenvalue weighted by atomic mass is 10.2. The number of nitrogens with one attached hydrogen (secondary N) is 1. The first-order chi connectivity index (χ1) is 8.63. The van der Waals surface area contributed by atoms with E-state index in [1.165, 1.54) is 45.4 Å². The van der Waals surface area contributed by atoms with E-state index in [4.69, 9.17) is 0 Å². The Morgan fingerprint density at radius 3 is 2.83 bits per heavy atom. The topological polar surface area (TPSA) is 18.5 Å². The van der Waals surface area contributed by atoms with Gasteiger partial charge in [-0.2, -0.15) is 0 Å². The van der Waals surface area contributed by atoms with Crippen LogP contribution in [0, 0.1) is 5.92 Å². The Hall–Kier alpha value is -0.120. The summed E-state index contributed by atoms with van der Waals surface area (Å²) in [7, 11) is 2.27. The maximum atomic E-state index is 3.52. The molecule has 1 heterocycles. The molecule has 0 amide bonds. The first-order valence-electron chi connectivity index (χ1n) is 7.76. The van der Waals surface area contributed by atoms with Gasteiger partial charge in [-0.3, -0.25) is 4.90 Å². The maximum absolute atomic E-state index is 3.52. The average Bonchev–Trinajstić information content (AvgIpc) is 2.75. The predicted molar refractivity (Wildman–Crippen MR) is 80.1 cm³/mol. The molecule has 0 aromatic heterocycles. The predicted octanol–water partition coefficient (Wildman–Crippen LogP) is 2.04. The van der Waals surface area contributed by atoms with Crippen molar-refractivity contribution in [3.63, 3.8) is 0 Å². The lowest BCUT2D eigenvalue weighted by molar-refractivity contribution is 0.197. The van der Waals surface area contributed by atoms with Crippen LogP contribution in [0.3, 0.4) is 0 Å². The molecule has 1 rings (SSSR count). The van der Waals surface area contributed by atoms with Gasteiger partial charge in [0.2, 0.25) is 0 Å². The summed E-state index contributed by atoms with van der Waals surface area (Å²) in [6, 6.07) is 0.809. The number of rotatable bonds is 9. The standard InChI is InChI=1S/C15H33N3/c1-5-18-11-6-8-15(18)13-17(4)10-7-9-16-12-14(2)3/h14-16H,5-13H2,1-4H3. The minimum Gasteiger partial charge on any atom is -0.316 e. The third-order valence-corrected chi connectivity index (χ3v) is 3.87. The fraction of sp³-hybridized carbons (Fsp3) is 1.00. The molecule has 1 atom stereocenters.